The largest absolute Gasteiger partial charge is 0.336 e. The van der Waals surface area contributed by atoms with Gasteiger partial charge < -0.3 is 14.8 Å². The molecule has 170 valence electrons. The van der Waals surface area contributed by atoms with E-state index in [1.54, 1.807) is 36.5 Å². The summed E-state index contributed by atoms with van der Waals surface area (Å²) >= 11 is 0. The first-order valence-corrected chi connectivity index (χ1v) is 11.1. The Hall–Kier alpha value is -3.71. The molecular weight excluding hydrogens is 416 g/mol. The molecule has 1 aliphatic rings. The second kappa shape index (κ2) is 10.3. The van der Waals surface area contributed by atoms with E-state index in [0.717, 1.165) is 25.2 Å². The van der Waals surface area contributed by atoms with Crippen LogP contribution in [-0.4, -0.2) is 52.4 Å². The van der Waals surface area contributed by atoms with Crippen molar-refractivity contribution in [2.24, 2.45) is 0 Å². The van der Waals surface area contributed by atoms with Crippen LogP contribution in [0.1, 0.15) is 21.5 Å². The van der Waals surface area contributed by atoms with E-state index in [4.69, 9.17) is 0 Å². The van der Waals surface area contributed by atoms with Crippen molar-refractivity contribution in [3.63, 3.8) is 0 Å². The zero-order valence-electron chi connectivity index (χ0n) is 18.7. The number of benzene rings is 2. The van der Waals surface area contributed by atoms with E-state index in [-0.39, 0.29) is 23.9 Å². The smallest absolute Gasteiger partial charge is 0.253 e. The third-order valence-corrected chi connectivity index (χ3v) is 5.77. The van der Waals surface area contributed by atoms with E-state index in [9.17, 15) is 14.4 Å². The highest BCUT2D eigenvalue weighted by Gasteiger charge is 2.22. The highest BCUT2D eigenvalue weighted by Crippen LogP contribution is 2.14. The molecule has 2 aromatic carbocycles. The van der Waals surface area contributed by atoms with Crippen molar-refractivity contribution in [1.82, 2.24) is 14.4 Å². The van der Waals surface area contributed by atoms with Gasteiger partial charge in [0.15, 0.2) is 0 Å². The molecule has 3 aromatic rings. The average Bonchev–Trinajstić information content (AvgIpc) is 2.83. The van der Waals surface area contributed by atoms with E-state index in [0.29, 0.717) is 24.3 Å². The van der Waals surface area contributed by atoms with Crippen LogP contribution in [0.15, 0.2) is 77.7 Å². The maximum atomic E-state index is 12.9. The van der Waals surface area contributed by atoms with E-state index < -0.39 is 0 Å². The van der Waals surface area contributed by atoms with Gasteiger partial charge in [-0.15, -0.1) is 0 Å². The van der Waals surface area contributed by atoms with Gasteiger partial charge >= 0.3 is 0 Å². The number of nitrogens with one attached hydrogen (secondary N) is 1. The second-order valence-electron chi connectivity index (χ2n) is 8.35. The number of rotatable bonds is 6. The lowest BCUT2D eigenvalue weighted by atomic mass is 10.1. The lowest BCUT2D eigenvalue weighted by Gasteiger charge is -2.34. The van der Waals surface area contributed by atoms with Gasteiger partial charge in [-0.2, -0.15) is 0 Å². The Morgan fingerprint density at radius 3 is 2.27 bits per heavy atom. The van der Waals surface area contributed by atoms with E-state index in [1.807, 2.05) is 30.0 Å². The number of aromatic nitrogens is 1. The summed E-state index contributed by atoms with van der Waals surface area (Å²) in [6.07, 6.45) is 1.66. The average molecular weight is 445 g/mol. The van der Waals surface area contributed by atoms with Crippen molar-refractivity contribution in [2.45, 2.75) is 20.0 Å². The first-order chi connectivity index (χ1) is 16.0. The summed E-state index contributed by atoms with van der Waals surface area (Å²) < 4.78 is 1.38. The molecule has 7 nitrogen and oxygen atoms in total. The molecule has 0 unspecified atom stereocenters. The number of pyridine rings is 1. The predicted molar refractivity (Wildman–Crippen MR) is 128 cm³/mol. The maximum absolute atomic E-state index is 12.9. The van der Waals surface area contributed by atoms with Crippen molar-refractivity contribution in [1.29, 1.82) is 0 Å². The van der Waals surface area contributed by atoms with Crippen molar-refractivity contribution in [3.8, 4) is 0 Å². The Balaban J connectivity index is 1.29. The lowest BCUT2D eigenvalue weighted by molar-refractivity contribution is -0.116. The Labute approximate surface area is 193 Å². The molecule has 0 spiro atoms. The summed E-state index contributed by atoms with van der Waals surface area (Å²) in [6.45, 7) is 5.76. The molecule has 7 heteroatoms. The summed E-state index contributed by atoms with van der Waals surface area (Å²) in [5.74, 6) is -0.296. The Kier molecular flexibility index (Phi) is 7.00. The molecule has 1 fully saturated rings. The topological polar surface area (TPSA) is 74.6 Å². The highest BCUT2D eigenvalue weighted by molar-refractivity contribution is 5.95. The van der Waals surface area contributed by atoms with Gasteiger partial charge in [0.05, 0.1) is 0 Å². The van der Waals surface area contributed by atoms with Crippen LogP contribution >= 0.6 is 0 Å². The molecule has 0 radical (unpaired) electrons. The molecule has 0 aliphatic carbocycles. The van der Waals surface area contributed by atoms with Crippen LogP contribution in [0.3, 0.4) is 0 Å². The number of piperazine rings is 1. The monoisotopic (exact) mass is 444 g/mol. The van der Waals surface area contributed by atoms with E-state index in [2.05, 4.69) is 22.3 Å². The molecule has 2 heterocycles. The molecule has 1 aliphatic heterocycles. The fourth-order valence-corrected chi connectivity index (χ4v) is 3.96. The molecular formula is C26H28N4O3. The van der Waals surface area contributed by atoms with Gasteiger partial charge in [-0.3, -0.25) is 19.3 Å². The van der Waals surface area contributed by atoms with E-state index in [1.165, 1.54) is 16.2 Å². The zero-order valence-corrected chi connectivity index (χ0v) is 18.7. The first kappa shape index (κ1) is 22.5. The van der Waals surface area contributed by atoms with Gasteiger partial charge in [0.1, 0.15) is 6.54 Å². The van der Waals surface area contributed by atoms with Gasteiger partial charge in [0, 0.05) is 56.2 Å². The summed E-state index contributed by atoms with van der Waals surface area (Å²) in [4.78, 5) is 41.3. The molecule has 4 rings (SSSR count). The van der Waals surface area contributed by atoms with Gasteiger partial charge in [0.25, 0.3) is 11.5 Å². The third-order valence-electron chi connectivity index (χ3n) is 5.77. The molecule has 2 amide bonds. The van der Waals surface area contributed by atoms with Crippen LogP contribution in [0, 0.1) is 6.92 Å². The van der Waals surface area contributed by atoms with Crippen LogP contribution in [-0.2, 0) is 17.9 Å². The number of carbonyl (C=O) groups excluding carboxylic acids is 2. The number of carbonyl (C=O) groups is 2. The SMILES string of the molecule is Cc1ccc(=O)n(CC(=O)Nc2ccc(C(=O)N3CCN(Cc4ccccc4)CC3)cc2)c1. The van der Waals surface area contributed by atoms with Gasteiger partial charge in [-0.05, 0) is 42.3 Å². The third kappa shape index (κ3) is 5.96. The predicted octanol–water partition coefficient (Wildman–Crippen LogP) is 2.75. The second-order valence-corrected chi connectivity index (χ2v) is 8.35. The molecule has 0 bridgehead atoms. The minimum absolute atomic E-state index is 0.00134. The summed E-state index contributed by atoms with van der Waals surface area (Å²) in [5.41, 5.74) is 3.15. The summed E-state index contributed by atoms with van der Waals surface area (Å²) in [7, 11) is 0. The van der Waals surface area contributed by atoms with Crippen LogP contribution in [0.2, 0.25) is 0 Å². The van der Waals surface area contributed by atoms with E-state index >= 15 is 0 Å². The standard InChI is InChI=1S/C26H28N4O3/c1-20-7-12-25(32)30(17-20)19-24(31)27-23-10-8-22(9-11-23)26(33)29-15-13-28(14-16-29)18-21-5-3-2-4-6-21/h2-12,17H,13-16,18-19H2,1H3,(H,27,31). The number of anilines is 1. The van der Waals surface area contributed by atoms with Crippen LogP contribution in [0.5, 0.6) is 0 Å². The maximum Gasteiger partial charge on any atom is 0.253 e. The van der Waals surface area contributed by atoms with Crippen molar-refractivity contribution in [2.75, 3.05) is 31.5 Å². The van der Waals surface area contributed by atoms with Crippen molar-refractivity contribution >= 4 is 17.5 Å². The fraction of sp³-hybridized carbons (Fsp3) is 0.269. The van der Waals surface area contributed by atoms with Crippen LogP contribution < -0.4 is 10.9 Å². The Morgan fingerprint density at radius 2 is 1.58 bits per heavy atom. The minimum Gasteiger partial charge on any atom is -0.336 e. The van der Waals surface area contributed by atoms with Crippen molar-refractivity contribution in [3.05, 3.63) is 100.0 Å². The van der Waals surface area contributed by atoms with Crippen molar-refractivity contribution < 1.29 is 9.59 Å². The molecule has 1 aromatic heterocycles. The van der Waals surface area contributed by atoms with Crippen LogP contribution in [0.25, 0.3) is 0 Å². The molecule has 1 saturated heterocycles. The lowest BCUT2D eigenvalue weighted by Crippen LogP contribution is -2.48. The quantitative estimate of drug-likeness (QED) is 0.635. The Bertz CT molecular complexity index is 1160. The Morgan fingerprint density at radius 1 is 0.879 bits per heavy atom. The normalized spacial score (nSPS) is 14.2. The van der Waals surface area contributed by atoms with Gasteiger partial charge in [-0.25, -0.2) is 0 Å². The zero-order chi connectivity index (χ0) is 23.2. The number of aryl methyl sites for hydroxylation is 1. The molecule has 0 atom stereocenters. The first-order valence-electron chi connectivity index (χ1n) is 11.1. The number of hydrogen-bond acceptors (Lipinski definition) is 4. The molecule has 33 heavy (non-hydrogen) atoms. The van der Waals surface area contributed by atoms with Gasteiger partial charge in [0.2, 0.25) is 5.91 Å². The van der Waals surface area contributed by atoms with Gasteiger partial charge in [-0.1, -0.05) is 36.4 Å². The minimum atomic E-state index is -0.295. The number of hydrogen-bond donors (Lipinski definition) is 1. The summed E-state index contributed by atoms with van der Waals surface area (Å²) in [6, 6.07) is 20.4. The highest BCUT2D eigenvalue weighted by atomic mass is 16.2. The van der Waals surface area contributed by atoms with Crippen LogP contribution in [0.4, 0.5) is 5.69 Å². The summed E-state index contributed by atoms with van der Waals surface area (Å²) in [5, 5.41) is 2.78. The number of nitrogens with zero attached hydrogens (tertiary/aromatic N) is 3. The molecule has 1 N–H and O–H groups in total. The fourth-order valence-electron chi connectivity index (χ4n) is 3.96. The molecule has 0 saturated carbocycles. The number of amides is 2.